The highest BCUT2D eigenvalue weighted by Crippen LogP contribution is 2.28. The van der Waals surface area contributed by atoms with Crippen LogP contribution in [0.15, 0.2) is 30.3 Å². The summed E-state index contributed by atoms with van der Waals surface area (Å²) in [5.74, 6) is 2.50. The van der Waals surface area contributed by atoms with Crippen molar-refractivity contribution in [2.45, 2.75) is 45.1 Å². The van der Waals surface area contributed by atoms with E-state index in [2.05, 4.69) is 39.6 Å². The van der Waals surface area contributed by atoms with Gasteiger partial charge in [0.15, 0.2) is 0 Å². The molecule has 1 aliphatic carbocycles. The molecule has 4 rings (SSSR count). The summed E-state index contributed by atoms with van der Waals surface area (Å²) in [5.41, 5.74) is 2.52. The van der Waals surface area contributed by atoms with Gasteiger partial charge in [0.05, 0.1) is 11.6 Å². The maximum atomic E-state index is 9.11. The van der Waals surface area contributed by atoms with Crippen LogP contribution in [-0.4, -0.2) is 35.6 Å². The second-order valence-electron chi connectivity index (χ2n) is 7.89. The van der Waals surface area contributed by atoms with E-state index in [1.807, 2.05) is 18.2 Å². The number of nitrogens with one attached hydrogen (secondary N) is 2. The molecule has 1 saturated carbocycles. The van der Waals surface area contributed by atoms with Gasteiger partial charge >= 0.3 is 0 Å². The molecule has 2 aromatic rings. The van der Waals surface area contributed by atoms with Crippen LogP contribution in [0.5, 0.6) is 0 Å². The molecule has 1 saturated heterocycles. The minimum absolute atomic E-state index is 0.550. The van der Waals surface area contributed by atoms with Gasteiger partial charge in [0.1, 0.15) is 5.82 Å². The Labute approximate surface area is 167 Å². The minimum Gasteiger partial charge on any atom is -0.355 e. The number of rotatable bonds is 8. The number of aromatic nitrogens is 2. The molecule has 6 heteroatoms. The van der Waals surface area contributed by atoms with E-state index >= 15 is 0 Å². The van der Waals surface area contributed by atoms with Crippen molar-refractivity contribution in [3.8, 4) is 6.07 Å². The van der Waals surface area contributed by atoms with E-state index in [4.69, 9.17) is 10.2 Å². The molecule has 0 bridgehead atoms. The fourth-order valence-electron chi connectivity index (χ4n) is 3.67. The van der Waals surface area contributed by atoms with Gasteiger partial charge in [-0.2, -0.15) is 10.2 Å². The molecule has 2 fully saturated rings. The fourth-order valence-corrected chi connectivity index (χ4v) is 3.67. The topological polar surface area (TPSA) is 76.9 Å². The highest BCUT2D eigenvalue weighted by atomic mass is 15.3. The quantitative estimate of drug-likeness (QED) is 0.733. The predicted octanol–water partition coefficient (Wildman–Crippen LogP) is 3.62. The molecule has 28 heavy (non-hydrogen) atoms. The number of benzene rings is 1. The van der Waals surface area contributed by atoms with Crippen LogP contribution in [0.3, 0.4) is 0 Å². The summed E-state index contributed by atoms with van der Waals surface area (Å²) < 4.78 is 0. The molecule has 1 aromatic carbocycles. The standard InChI is InChI=1S/C22H28N6/c1-2-4-18-12-21(28-10-9-20(15-28)24-14-16-7-8-16)27-22(25-18)26-19-6-3-5-17(11-19)13-23/h3,5-6,11-12,16,20,24H,2,4,7-10,14-15H2,1H3,(H,25,26,27)/t20-/m0/s1. The Morgan fingerprint density at radius 1 is 1.21 bits per heavy atom. The molecule has 146 valence electrons. The smallest absolute Gasteiger partial charge is 0.229 e. The lowest BCUT2D eigenvalue weighted by Crippen LogP contribution is -2.34. The second-order valence-corrected chi connectivity index (χ2v) is 7.89. The van der Waals surface area contributed by atoms with Crippen LogP contribution in [-0.2, 0) is 6.42 Å². The zero-order chi connectivity index (χ0) is 19.3. The van der Waals surface area contributed by atoms with Gasteiger partial charge in [0.25, 0.3) is 0 Å². The van der Waals surface area contributed by atoms with Gasteiger partial charge in [-0.25, -0.2) is 4.98 Å². The van der Waals surface area contributed by atoms with Crippen molar-refractivity contribution in [1.82, 2.24) is 15.3 Å². The number of anilines is 3. The maximum Gasteiger partial charge on any atom is 0.229 e. The summed E-state index contributed by atoms with van der Waals surface area (Å²) in [4.78, 5) is 11.8. The third kappa shape index (κ3) is 4.79. The summed E-state index contributed by atoms with van der Waals surface area (Å²) in [7, 11) is 0. The molecular formula is C22H28N6. The molecule has 0 amide bonds. The van der Waals surface area contributed by atoms with E-state index in [-0.39, 0.29) is 0 Å². The Bertz CT molecular complexity index is 854. The van der Waals surface area contributed by atoms with Crippen LogP contribution in [0.2, 0.25) is 0 Å². The van der Waals surface area contributed by atoms with Gasteiger partial charge in [-0.05, 0) is 56.3 Å². The van der Waals surface area contributed by atoms with E-state index in [1.54, 1.807) is 6.07 Å². The fraction of sp³-hybridized carbons (Fsp3) is 0.500. The van der Waals surface area contributed by atoms with Gasteiger partial charge in [-0.3, -0.25) is 0 Å². The molecule has 2 aliphatic rings. The average Bonchev–Trinajstić information content (AvgIpc) is 3.42. The number of nitrogens with zero attached hydrogens (tertiary/aromatic N) is 4. The third-order valence-corrected chi connectivity index (χ3v) is 5.42. The number of aryl methyl sites for hydroxylation is 1. The zero-order valence-electron chi connectivity index (χ0n) is 16.5. The van der Waals surface area contributed by atoms with E-state index in [0.29, 0.717) is 17.6 Å². The van der Waals surface area contributed by atoms with Gasteiger partial charge in [-0.1, -0.05) is 19.4 Å². The van der Waals surface area contributed by atoms with Crippen molar-refractivity contribution in [2.75, 3.05) is 29.9 Å². The summed E-state index contributed by atoms with van der Waals surface area (Å²) in [6.07, 6.45) is 5.91. The first kappa shape index (κ1) is 18.7. The molecule has 0 spiro atoms. The van der Waals surface area contributed by atoms with E-state index < -0.39 is 0 Å². The molecule has 0 radical (unpaired) electrons. The van der Waals surface area contributed by atoms with Crippen molar-refractivity contribution in [2.24, 2.45) is 5.92 Å². The number of hydrogen-bond acceptors (Lipinski definition) is 6. The van der Waals surface area contributed by atoms with E-state index in [9.17, 15) is 0 Å². The lowest BCUT2D eigenvalue weighted by atomic mass is 10.2. The van der Waals surface area contributed by atoms with Crippen molar-refractivity contribution in [3.05, 3.63) is 41.6 Å². The second kappa shape index (κ2) is 8.57. The summed E-state index contributed by atoms with van der Waals surface area (Å²) in [6.45, 7) is 5.34. The Kier molecular flexibility index (Phi) is 5.73. The molecule has 1 atom stereocenters. The molecular weight excluding hydrogens is 348 g/mol. The normalized spacial score (nSPS) is 18.9. The lowest BCUT2D eigenvalue weighted by molar-refractivity contribution is 0.530. The first-order valence-corrected chi connectivity index (χ1v) is 10.4. The highest BCUT2D eigenvalue weighted by molar-refractivity contribution is 5.58. The van der Waals surface area contributed by atoms with Gasteiger partial charge < -0.3 is 15.5 Å². The van der Waals surface area contributed by atoms with Crippen molar-refractivity contribution in [3.63, 3.8) is 0 Å². The Morgan fingerprint density at radius 3 is 2.89 bits per heavy atom. The average molecular weight is 377 g/mol. The van der Waals surface area contributed by atoms with Crippen LogP contribution in [0.1, 0.15) is 43.9 Å². The van der Waals surface area contributed by atoms with Gasteiger partial charge in [0, 0.05) is 36.6 Å². The highest BCUT2D eigenvalue weighted by Gasteiger charge is 2.27. The first-order chi connectivity index (χ1) is 13.7. The van der Waals surface area contributed by atoms with Crippen LogP contribution in [0.25, 0.3) is 0 Å². The number of hydrogen-bond donors (Lipinski definition) is 2. The summed E-state index contributed by atoms with van der Waals surface area (Å²) in [6, 6.07) is 12.3. The first-order valence-electron chi connectivity index (χ1n) is 10.4. The molecule has 2 heterocycles. The Morgan fingerprint density at radius 2 is 2.11 bits per heavy atom. The lowest BCUT2D eigenvalue weighted by Gasteiger charge is -2.20. The van der Waals surface area contributed by atoms with Gasteiger partial charge in [-0.15, -0.1) is 0 Å². The molecule has 6 nitrogen and oxygen atoms in total. The molecule has 2 N–H and O–H groups in total. The zero-order valence-corrected chi connectivity index (χ0v) is 16.5. The summed E-state index contributed by atoms with van der Waals surface area (Å²) in [5, 5.41) is 16.1. The predicted molar refractivity (Wildman–Crippen MR) is 112 cm³/mol. The monoisotopic (exact) mass is 376 g/mol. The number of nitriles is 1. The summed E-state index contributed by atoms with van der Waals surface area (Å²) >= 11 is 0. The minimum atomic E-state index is 0.550. The van der Waals surface area contributed by atoms with Crippen LogP contribution < -0.4 is 15.5 Å². The molecule has 1 aromatic heterocycles. The van der Waals surface area contributed by atoms with Crippen LogP contribution in [0, 0.1) is 17.2 Å². The van der Waals surface area contributed by atoms with Crippen molar-refractivity contribution in [1.29, 1.82) is 5.26 Å². The Balaban J connectivity index is 1.49. The van der Waals surface area contributed by atoms with Crippen LogP contribution >= 0.6 is 0 Å². The van der Waals surface area contributed by atoms with Crippen molar-refractivity contribution >= 4 is 17.5 Å². The van der Waals surface area contributed by atoms with Crippen molar-refractivity contribution < 1.29 is 0 Å². The van der Waals surface area contributed by atoms with Gasteiger partial charge in [0.2, 0.25) is 5.95 Å². The maximum absolute atomic E-state index is 9.11. The third-order valence-electron chi connectivity index (χ3n) is 5.42. The Hall–Kier alpha value is -2.65. The molecule has 0 unspecified atom stereocenters. The molecule has 1 aliphatic heterocycles. The SMILES string of the molecule is CCCc1cc(N2CC[C@H](NCC3CC3)C2)nc(Nc2cccc(C#N)c2)n1. The van der Waals surface area contributed by atoms with E-state index in [0.717, 1.165) is 62.0 Å². The van der Waals surface area contributed by atoms with Crippen LogP contribution in [0.4, 0.5) is 17.5 Å². The largest absolute Gasteiger partial charge is 0.355 e. The van der Waals surface area contributed by atoms with E-state index in [1.165, 1.54) is 12.8 Å².